The molecule has 2 rings (SSSR count). The average molecular weight is 254 g/mol. The summed E-state index contributed by atoms with van der Waals surface area (Å²) in [5.41, 5.74) is 7.82. The summed E-state index contributed by atoms with van der Waals surface area (Å²) in [7, 11) is 0. The minimum Gasteiger partial charge on any atom is -0.455 e. The first-order valence-corrected chi connectivity index (χ1v) is 5.90. The van der Waals surface area contributed by atoms with E-state index >= 15 is 0 Å². The molecule has 0 aliphatic carbocycles. The Morgan fingerprint density at radius 3 is 2.53 bits per heavy atom. The van der Waals surface area contributed by atoms with E-state index in [1.54, 1.807) is 18.2 Å². The summed E-state index contributed by atoms with van der Waals surface area (Å²) in [6.07, 6.45) is 0.617. The fraction of sp³-hybridized carbons (Fsp3) is 0.133. The molecule has 0 heterocycles. The van der Waals surface area contributed by atoms with Crippen molar-refractivity contribution in [1.29, 1.82) is 5.26 Å². The van der Waals surface area contributed by atoms with Gasteiger partial charge in [-0.3, -0.25) is 0 Å². The predicted octanol–water partition coefficient (Wildman–Crippen LogP) is 2.47. The lowest BCUT2D eigenvalue weighted by Gasteiger charge is -2.09. The van der Waals surface area contributed by atoms with Crippen LogP contribution in [0.25, 0.3) is 0 Å². The fourth-order valence-electron chi connectivity index (χ4n) is 1.67. The lowest BCUT2D eigenvalue weighted by Crippen LogP contribution is -1.94. The molecule has 0 aliphatic rings. The molecular formula is C15H14N2O2. The maximum Gasteiger partial charge on any atom is 0.151 e. The number of aliphatic hydroxyl groups excluding tert-OH is 1. The van der Waals surface area contributed by atoms with Crippen LogP contribution in [0.3, 0.4) is 0 Å². The van der Waals surface area contributed by atoms with Gasteiger partial charge in [-0.25, -0.2) is 0 Å². The Morgan fingerprint density at radius 2 is 1.89 bits per heavy atom. The number of nitriles is 1. The van der Waals surface area contributed by atoms with Crippen molar-refractivity contribution >= 4 is 5.69 Å². The minimum absolute atomic E-state index is 0.122. The van der Waals surface area contributed by atoms with Crippen LogP contribution < -0.4 is 10.5 Å². The summed E-state index contributed by atoms with van der Waals surface area (Å²) >= 11 is 0. The van der Waals surface area contributed by atoms with Crippen LogP contribution in [0.1, 0.15) is 11.1 Å². The average Bonchev–Trinajstić information content (AvgIpc) is 2.44. The van der Waals surface area contributed by atoms with Crippen molar-refractivity contribution in [3.05, 3.63) is 53.6 Å². The normalized spacial score (nSPS) is 9.89. The number of benzene rings is 2. The number of hydrogen-bond acceptors (Lipinski definition) is 4. The van der Waals surface area contributed by atoms with Gasteiger partial charge in [-0.15, -0.1) is 0 Å². The van der Waals surface area contributed by atoms with Crippen LogP contribution in [0.4, 0.5) is 5.69 Å². The van der Waals surface area contributed by atoms with Crippen LogP contribution in [0, 0.1) is 11.3 Å². The molecular weight excluding hydrogens is 240 g/mol. The topological polar surface area (TPSA) is 79.3 Å². The van der Waals surface area contributed by atoms with E-state index < -0.39 is 0 Å². The number of nitrogen functional groups attached to an aromatic ring is 1. The molecule has 3 N–H and O–H groups in total. The van der Waals surface area contributed by atoms with Crippen LogP contribution in [0.15, 0.2) is 42.5 Å². The number of rotatable bonds is 4. The first kappa shape index (κ1) is 12.9. The molecule has 0 atom stereocenters. The molecule has 0 radical (unpaired) electrons. The largest absolute Gasteiger partial charge is 0.455 e. The van der Waals surface area contributed by atoms with Gasteiger partial charge >= 0.3 is 0 Å². The van der Waals surface area contributed by atoms with Gasteiger partial charge in [-0.2, -0.15) is 5.26 Å². The highest BCUT2D eigenvalue weighted by atomic mass is 16.5. The highest BCUT2D eigenvalue weighted by molar-refractivity contribution is 5.57. The van der Waals surface area contributed by atoms with Gasteiger partial charge < -0.3 is 15.6 Å². The Labute approximate surface area is 111 Å². The number of nitrogens with zero attached hydrogens (tertiary/aromatic N) is 1. The molecule has 96 valence electrons. The minimum atomic E-state index is 0.122. The highest BCUT2D eigenvalue weighted by Crippen LogP contribution is 2.28. The number of aliphatic hydroxyl groups is 1. The van der Waals surface area contributed by atoms with Crippen molar-refractivity contribution < 1.29 is 9.84 Å². The van der Waals surface area contributed by atoms with Gasteiger partial charge in [0.15, 0.2) is 5.75 Å². The summed E-state index contributed by atoms with van der Waals surface area (Å²) in [5.74, 6) is 1.11. The van der Waals surface area contributed by atoms with Crippen molar-refractivity contribution in [1.82, 2.24) is 0 Å². The molecule has 0 unspecified atom stereocenters. The zero-order valence-electron chi connectivity index (χ0n) is 10.3. The van der Waals surface area contributed by atoms with Gasteiger partial charge in [-0.1, -0.05) is 12.1 Å². The molecule has 0 aliphatic heterocycles. The lowest BCUT2D eigenvalue weighted by molar-refractivity contribution is 0.299. The van der Waals surface area contributed by atoms with Gasteiger partial charge in [0.1, 0.15) is 5.75 Å². The summed E-state index contributed by atoms with van der Waals surface area (Å²) in [6.45, 7) is 0.122. The Morgan fingerprint density at radius 1 is 1.16 bits per heavy atom. The van der Waals surface area contributed by atoms with E-state index in [9.17, 15) is 0 Å². The Bertz CT molecular complexity index is 601. The number of hydrogen-bond donors (Lipinski definition) is 2. The molecule has 0 amide bonds. The summed E-state index contributed by atoms with van der Waals surface area (Å²) < 4.78 is 5.65. The Hall–Kier alpha value is -2.51. The fourth-order valence-corrected chi connectivity index (χ4v) is 1.67. The van der Waals surface area contributed by atoms with E-state index in [4.69, 9.17) is 20.8 Å². The second-order valence-electron chi connectivity index (χ2n) is 4.08. The van der Waals surface area contributed by atoms with Gasteiger partial charge in [0.2, 0.25) is 0 Å². The molecule has 4 heteroatoms. The quantitative estimate of drug-likeness (QED) is 0.821. The van der Waals surface area contributed by atoms with E-state index in [1.807, 2.05) is 30.3 Å². The highest BCUT2D eigenvalue weighted by Gasteiger charge is 2.04. The molecule has 0 bridgehead atoms. The van der Waals surface area contributed by atoms with Gasteiger partial charge in [-0.05, 0) is 36.2 Å². The number of nitrogens with two attached hydrogens (primary N) is 1. The van der Waals surface area contributed by atoms with Crippen molar-refractivity contribution in [2.24, 2.45) is 0 Å². The first-order chi connectivity index (χ1) is 9.22. The third-order valence-corrected chi connectivity index (χ3v) is 2.69. The van der Waals surface area contributed by atoms with Crippen LogP contribution in [-0.4, -0.2) is 11.7 Å². The molecule has 4 nitrogen and oxygen atoms in total. The third-order valence-electron chi connectivity index (χ3n) is 2.69. The number of anilines is 1. The molecule has 0 fully saturated rings. The third kappa shape index (κ3) is 3.24. The zero-order chi connectivity index (χ0) is 13.7. The van der Waals surface area contributed by atoms with E-state index in [0.717, 1.165) is 5.56 Å². The monoisotopic (exact) mass is 254 g/mol. The van der Waals surface area contributed by atoms with Crippen LogP contribution in [0.2, 0.25) is 0 Å². The van der Waals surface area contributed by atoms with Crippen molar-refractivity contribution in [3.63, 3.8) is 0 Å². The van der Waals surface area contributed by atoms with E-state index in [0.29, 0.717) is 29.2 Å². The predicted molar refractivity (Wildman–Crippen MR) is 72.9 cm³/mol. The maximum atomic E-state index is 8.84. The SMILES string of the molecule is N#Cc1ccc(N)c(Oc2ccc(CCO)cc2)c1. The second kappa shape index (κ2) is 5.89. The van der Waals surface area contributed by atoms with Gasteiger partial charge in [0, 0.05) is 12.7 Å². The Balaban J connectivity index is 2.19. The lowest BCUT2D eigenvalue weighted by atomic mass is 10.1. The first-order valence-electron chi connectivity index (χ1n) is 5.90. The summed E-state index contributed by atoms with van der Waals surface area (Å²) in [6, 6.07) is 14.3. The molecule has 0 saturated heterocycles. The van der Waals surface area contributed by atoms with Crippen LogP contribution in [-0.2, 0) is 6.42 Å². The van der Waals surface area contributed by atoms with Gasteiger partial charge in [0.25, 0.3) is 0 Å². The van der Waals surface area contributed by atoms with Gasteiger partial charge in [0.05, 0.1) is 17.3 Å². The molecule has 19 heavy (non-hydrogen) atoms. The van der Waals surface area contributed by atoms with Crippen molar-refractivity contribution in [2.45, 2.75) is 6.42 Å². The van der Waals surface area contributed by atoms with Crippen LogP contribution in [0.5, 0.6) is 11.5 Å². The van der Waals surface area contributed by atoms with E-state index in [-0.39, 0.29) is 6.61 Å². The summed E-state index contributed by atoms with van der Waals surface area (Å²) in [5, 5.41) is 17.7. The Kier molecular flexibility index (Phi) is 4.01. The molecule has 0 saturated carbocycles. The molecule has 2 aromatic rings. The molecule has 2 aromatic carbocycles. The smallest absolute Gasteiger partial charge is 0.151 e. The van der Waals surface area contributed by atoms with Crippen LogP contribution >= 0.6 is 0 Å². The summed E-state index contributed by atoms with van der Waals surface area (Å²) in [4.78, 5) is 0. The van der Waals surface area contributed by atoms with E-state index in [1.165, 1.54) is 0 Å². The number of ether oxygens (including phenoxy) is 1. The van der Waals surface area contributed by atoms with Crippen molar-refractivity contribution in [2.75, 3.05) is 12.3 Å². The second-order valence-corrected chi connectivity index (χ2v) is 4.08. The van der Waals surface area contributed by atoms with E-state index in [2.05, 4.69) is 0 Å². The molecule has 0 aromatic heterocycles. The maximum absolute atomic E-state index is 8.84. The zero-order valence-corrected chi connectivity index (χ0v) is 10.3. The van der Waals surface area contributed by atoms with Crippen molar-refractivity contribution in [3.8, 4) is 17.6 Å². The molecule has 0 spiro atoms. The standard InChI is InChI=1S/C15H14N2O2/c16-10-12-3-6-14(17)15(9-12)19-13-4-1-11(2-5-13)7-8-18/h1-6,9,18H,7-8,17H2.